The molecule has 1 rings (SSSR count). The first-order valence-electron chi connectivity index (χ1n) is 3.70. The van der Waals surface area contributed by atoms with Crippen LogP contribution in [0, 0.1) is 11.3 Å². The Bertz CT molecular complexity index is 341. The standard InChI is InChI=1S/C9H9N3O/c10-4-5-13-9-3-1-2-8(6-9)7-12-11/h1-3,6-7H,5,11H2. The molecule has 0 saturated heterocycles. The maximum Gasteiger partial charge on any atom is 0.174 e. The summed E-state index contributed by atoms with van der Waals surface area (Å²) in [5.74, 6) is 5.62. The van der Waals surface area contributed by atoms with Gasteiger partial charge < -0.3 is 10.6 Å². The lowest BCUT2D eigenvalue weighted by Gasteiger charge is -2.00. The van der Waals surface area contributed by atoms with Crippen LogP contribution < -0.4 is 10.6 Å². The maximum atomic E-state index is 8.28. The van der Waals surface area contributed by atoms with E-state index in [1.54, 1.807) is 12.1 Å². The van der Waals surface area contributed by atoms with E-state index in [0.29, 0.717) is 5.75 Å². The molecule has 0 radical (unpaired) electrons. The molecular weight excluding hydrogens is 166 g/mol. The number of benzene rings is 1. The second kappa shape index (κ2) is 4.78. The number of nitrogens with two attached hydrogens (primary N) is 1. The van der Waals surface area contributed by atoms with Gasteiger partial charge in [-0.05, 0) is 17.7 Å². The van der Waals surface area contributed by atoms with Crippen LogP contribution in [-0.4, -0.2) is 12.8 Å². The average Bonchev–Trinajstić information content (AvgIpc) is 2.16. The van der Waals surface area contributed by atoms with Gasteiger partial charge in [-0.15, -0.1) is 0 Å². The average molecular weight is 175 g/mol. The van der Waals surface area contributed by atoms with Crippen LogP contribution in [-0.2, 0) is 0 Å². The summed E-state index contributed by atoms with van der Waals surface area (Å²) in [6.07, 6.45) is 1.51. The van der Waals surface area contributed by atoms with Crippen LogP contribution in [0.2, 0.25) is 0 Å². The van der Waals surface area contributed by atoms with Gasteiger partial charge in [0.25, 0.3) is 0 Å². The highest BCUT2D eigenvalue weighted by Crippen LogP contribution is 2.11. The number of hydrogen-bond acceptors (Lipinski definition) is 4. The van der Waals surface area contributed by atoms with Gasteiger partial charge in [0.2, 0.25) is 0 Å². The lowest BCUT2D eigenvalue weighted by Crippen LogP contribution is -1.94. The number of rotatable bonds is 3. The zero-order valence-electron chi connectivity index (χ0n) is 6.97. The molecule has 0 aliphatic carbocycles. The van der Waals surface area contributed by atoms with E-state index in [9.17, 15) is 0 Å². The third-order valence-electron chi connectivity index (χ3n) is 1.39. The topological polar surface area (TPSA) is 71.4 Å². The van der Waals surface area contributed by atoms with Gasteiger partial charge >= 0.3 is 0 Å². The molecule has 4 nitrogen and oxygen atoms in total. The zero-order valence-corrected chi connectivity index (χ0v) is 6.97. The van der Waals surface area contributed by atoms with Crippen LogP contribution in [0.25, 0.3) is 0 Å². The lowest BCUT2D eigenvalue weighted by molar-refractivity contribution is 0.368. The van der Waals surface area contributed by atoms with Gasteiger partial charge in [0.15, 0.2) is 6.61 Å². The molecule has 66 valence electrons. The van der Waals surface area contributed by atoms with E-state index in [-0.39, 0.29) is 6.61 Å². The summed E-state index contributed by atoms with van der Waals surface area (Å²) in [5, 5.41) is 11.7. The molecule has 2 N–H and O–H groups in total. The van der Waals surface area contributed by atoms with Crippen molar-refractivity contribution in [1.29, 1.82) is 5.26 Å². The Morgan fingerprint density at radius 2 is 2.46 bits per heavy atom. The molecule has 13 heavy (non-hydrogen) atoms. The highest BCUT2D eigenvalue weighted by atomic mass is 16.5. The van der Waals surface area contributed by atoms with Crippen molar-refractivity contribution in [2.24, 2.45) is 10.9 Å². The minimum Gasteiger partial charge on any atom is -0.479 e. The van der Waals surface area contributed by atoms with Crippen LogP contribution in [0.15, 0.2) is 29.4 Å². The number of hydrazone groups is 1. The van der Waals surface area contributed by atoms with Gasteiger partial charge in [0, 0.05) is 0 Å². The lowest BCUT2D eigenvalue weighted by atomic mass is 10.2. The minimum absolute atomic E-state index is 0.0449. The molecule has 0 aromatic heterocycles. The Morgan fingerprint density at radius 1 is 1.62 bits per heavy atom. The quantitative estimate of drug-likeness (QED) is 0.421. The summed E-state index contributed by atoms with van der Waals surface area (Å²) in [6.45, 7) is 0.0449. The monoisotopic (exact) mass is 175 g/mol. The van der Waals surface area contributed by atoms with Crippen LogP contribution in [0.1, 0.15) is 5.56 Å². The van der Waals surface area contributed by atoms with Crippen LogP contribution in [0.5, 0.6) is 5.75 Å². The fourth-order valence-corrected chi connectivity index (χ4v) is 0.886. The first kappa shape index (κ1) is 9.07. The van der Waals surface area contributed by atoms with Gasteiger partial charge in [-0.2, -0.15) is 10.4 Å². The van der Waals surface area contributed by atoms with Gasteiger partial charge in [-0.25, -0.2) is 0 Å². The molecule has 0 bridgehead atoms. The molecule has 0 heterocycles. The molecule has 0 atom stereocenters. The van der Waals surface area contributed by atoms with Crippen LogP contribution in [0.4, 0.5) is 0 Å². The highest BCUT2D eigenvalue weighted by molar-refractivity contribution is 5.79. The van der Waals surface area contributed by atoms with E-state index in [1.807, 2.05) is 18.2 Å². The smallest absolute Gasteiger partial charge is 0.174 e. The number of nitrogens with zero attached hydrogens (tertiary/aromatic N) is 2. The van der Waals surface area contributed by atoms with Gasteiger partial charge in [-0.3, -0.25) is 0 Å². The first-order valence-corrected chi connectivity index (χ1v) is 3.70. The van der Waals surface area contributed by atoms with Crippen molar-refractivity contribution in [3.05, 3.63) is 29.8 Å². The van der Waals surface area contributed by atoms with Crippen molar-refractivity contribution in [1.82, 2.24) is 0 Å². The summed E-state index contributed by atoms with van der Waals surface area (Å²) < 4.78 is 5.08. The predicted octanol–water partition coefficient (Wildman–Crippen LogP) is 0.882. The van der Waals surface area contributed by atoms with Crippen LogP contribution >= 0.6 is 0 Å². The van der Waals surface area contributed by atoms with E-state index in [1.165, 1.54) is 6.21 Å². The molecule has 0 unspecified atom stereocenters. The molecule has 0 saturated carbocycles. The van der Waals surface area contributed by atoms with E-state index in [4.69, 9.17) is 15.8 Å². The molecule has 0 aliphatic heterocycles. The van der Waals surface area contributed by atoms with Crippen molar-refractivity contribution >= 4 is 6.21 Å². The summed E-state index contributed by atoms with van der Waals surface area (Å²) in [4.78, 5) is 0. The maximum absolute atomic E-state index is 8.28. The number of hydrogen-bond donors (Lipinski definition) is 1. The third-order valence-corrected chi connectivity index (χ3v) is 1.39. The Hall–Kier alpha value is -2.02. The van der Waals surface area contributed by atoms with E-state index in [0.717, 1.165) is 5.56 Å². The second-order valence-corrected chi connectivity index (χ2v) is 2.30. The fraction of sp³-hybridized carbons (Fsp3) is 0.111. The SMILES string of the molecule is N#CCOc1cccc(C=NN)c1. The highest BCUT2D eigenvalue weighted by Gasteiger charge is 1.93. The van der Waals surface area contributed by atoms with E-state index < -0.39 is 0 Å². The van der Waals surface area contributed by atoms with Crippen molar-refractivity contribution in [2.75, 3.05) is 6.61 Å². The summed E-state index contributed by atoms with van der Waals surface area (Å²) in [5.41, 5.74) is 0.845. The summed E-state index contributed by atoms with van der Waals surface area (Å²) >= 11 is 0. The Morgan fingerprint density at radius 3 is 3.15 bits per heavy atom. The van der Waals surface area contributed by atoms with Crippen molar-refractivity contribution in [2.45, 2.75) is 0 Å². The normalized spacial score (nSPS) is 9.77. The molecule has 1 aromatic carbocycles. The molecule has 0 spiro atoms. The molecule has 1 aromatic rings. The largest absolute Gasteiger partial charge is 0.479 e. The van der Waals surface area contributed by atoms with Gasteiger partial charge in [0.05, 0.1) is 6.21 Å². The molecule has 0 fully saturated rings. The Kier molecular flexibility index (Phi) is 3.33. The first-order chi connectivity index (χ1) is 6.36. The molecular formula is C9H9N3O. The Labute approximate surface area is 76.2 Å². The summed E-state index contributed by atoms with van der Waals surface area (Å²) in [7, 11) is 0. The van der Waals surface area contributed by atoms with Crippen molar-refractivity contribution in [3.8, 4) is 11.8 Å². The molecule has 0 aliphatic rings. The van der Waals surface area contributed by atoms with E-state index >= 15 is 0 Å². The van der Waals surface area contributed by atoms with Gasteiger partial charge in [0.1, 0.15) is 11.8 Å². The molecule has 0 amide bonds. The summed E-state index contributed by atoms with van der Waals surface area (Å²) in [6, 6.07) is 9.07. The van der Waals surface area contributed by atoms with Gasteiger partial charge in [-0.1, -0.05) is 12.1 Å². The van der Waals surface area contributed by atoms with Crippen molar-refractivity contribution < 1.29 is 4.74 Å². The van der Waals surface area contributed by atoms with Crippen molar-refractivity contribution in [3.63, 3.8) is 0 Å². The predicted molar refractivity (Wildman–Crippen MR) is 49.3 cm³/mol. The number of nitriles is 1. The van der Waals surface area contributed by atoms with Crippen LogP contribution in [0.3, 0.4) is 0 Å². The minimum atomic E-state index is 0.0449. The third kappa shape index (κ3) is 2.83. The fourth-order valence-electron chi connectivity index (χ4n) is 0.886. The molecule has 4 heteroatoms. The number of ether oxygens (including phenoxy) is 1. The second-order valence-electron chi connectivity index (χ2n) is 2.30. The Balaban J connectivity index is 2.74. The van der Waals surface area contributed by atoms with E-state index in [2.05, 4.69) is 5.10 Å². The zero-order chi connectivity index (χ0) is 9.52.